The second-order valence-corrected chi connectivity index (χ2v) is 8.57. The molecule has 1 amide bonds. The summed E-state index contributed by atoms with van der Waals surface area (Å²) in [6.45, 7) is 4.91. The number of allylic oxidation sites excluding steroid dienone is 2. The van der Waals surface area contributed by atoms with Crippen LogP contribution >= 0.6 is 23.1 Å². The third-order valence-corrected chi connectivity index (χ3v) is 6.89. The van der Waals surface area contributed by atoms with Gasteiger partial charge in [0.2, 0.25) is 6.41 Å². The number of nitrogens with zero attached hydrogens (tertiary/aromatic N) is 5. The van der Waals surface area contributed by atoms with Crippen molar-refractivity contribution >= 4 is 51.6 Å². The van der Waals surface area contributed by atoms with Crippen LogP contribution in [-0.2, 0) is 18.4 Å². The second-order valence-electron chi connectivity index (χ2n) is 6.71. The Kier molecular flexibility index (Phi) is 7.64. The van der Waals surface area contributed by atoms with E-state index in [2.05, 4.69) is 0 Å². The molecule has 0 atom stereocenters. The summed E-state index contributed by atoms with van der Waals surface area (Å²) in [6.07, 6.45) is 10.4. The van der Waals surface area contributed by atoms with Crippen LogP contribution < -0.4 is 19.3 Å². The van der Waals surface area contributed by atoms with E-state index in [-0.39, 0.29) is 5.56 Å². The molecule has 0 saturated heterocycles. The van der Waals surface area contributed by atoms with Gasteiger partial charge in [-0.1, -0.05) is 12.1 Å². The molecule has 0 aliphatic carbocycles. The predicted octanol–water partition coefficient (Wildman–Crippen LogP) is 1.51. The molecular formula is C22H26N5O2S2+. The molecule has 2 aromatic heterocycles. The molecule has 162 valence electrons. The van der Waals surface area contributed by atoms with Gasteiger partial charge in [-0.05, 0) is 48.8 Å². The summed E-state index contributed by atoms with van der Waals surface area (Å²) in [5.41, 5.74) is 0.856. The third kappa shape index (κ3) is 5.05. The van der Waals surface area contributed by atoms with Crippen molar-refractivity contribution in [3.63, 3.8) is 0 Å². The van der Waals surface area contributed by atoms with Gasteiger partial charge in [-0.15, -0.1) is 11.3 Å². The predicted molar refractivity (Wildman–Crippen MR) is 128 cm³/mol. The molecule has 31 heavy (non-hydrogen) atoms. The maximum Gasteiger partial charge on any atom is 0.326 e. The summed E-state index contributed by atoms with van der Waals surface area (Å²) in [5.74, 6) is 0.731. The molecule has 1 aliphatic heterocycles. The molecule has 3 heterocycles. The number of pyridine rings is 1. The number of thiazole rings is 1. The summed E-state index contributed by atoms with van der Waals surface area (Å²) in [6, 6.07) is 5.72. The van der Waals surface area contributed by atoms with E-state index in [0.717, 1.165) is 22.6 Å². The fourth-order valence-corrected chi connectivity index (χ4v) is 5.15. The van der Waals surface area contributed by atoms with Crippen LogP contribution in [0.5, 0.6) is 0 Å². The minimum atomic E-state index is -0.0168. The third-order valence-electron chi connectivity index (χ3n) is 4.73. The quantitative estimate of drug-likeness (QED) is 0.296. The zero-order chi connectivity index (χ0) is 22.4. The number of carbonyl (C=O) groups excluding carboxylic acids is 1. The average Bonchev–Trinajstić information content (AvgIpc) is 3.09. The Balaban J connectivity index is 2.10. The molecule has 0 bridgehead atoms. The van der Waals surface area contributed by atoms with Gasteiger partial charge in [-0.2, -0.15) is 0 Å². The number of amidine groups is 1. The first kappa shape index (κ1) is 22.8. The van der Waals surface area contributed by atoms with E-state index in [1.807, 2.05) is 91.6 Å². The molecule has 3 rings (SSSR count). The van der Waals surface area contributed by atoms with Crippen molar-refractivity contribution in [2.24, 2.45) is 12.0 Å². The molecule has 1 aliphatic rings. The smallest absolute Gasteiger partial charge is 0.326 e. The van der Waals surface area contributed by atoms with Crippen LogP contribution in [0.15, 0.2) is 58.6 Å². The number of aryl methyl sites for hydroxylation is 1. The van der Waals surface area contributed by atoms with Gasteiger partial charge in [0.15, 0.2) is 0 Å². The number of rotatable bonds is 5. The molecule has 2 aromatic rings. The topological polar surface area (TPSA) is 61.8 Å². The van der Waals surface area contributed by atoms with E-state index >= 15 is 0 Å². The molecule has 0 aromatic carbocycles. The van der Waals surface area contributed by atoms with Crippen LogP contribution in [0.4, 0.5) is 5.82 Å². The van der Waals surface area contributed by atoms with Gasteiger partial charge in [0.05, 0.1) is 18.9 Å². The van der Waals surface area contributed by atoms with Crippen molar-refractivity contribution in [2.45, 2.75) is 20.4 Å². The van der Waals surface area contributed by atoms with E-state index in [1.54, 1.807) is 9.47 Å². The Morgan fingerprint density at radius 1 is 1.32 bits per heavy atom. The SMILES string of the molecule is CCN(C=O)/C(=N/c1cccc[n+]1C)S/C=c1\s/c(=C2/C=CC=CN2C)c(=O)n1CC. The highest BCUT2D eigenvalue weighted by Gasteiger charge is 2.17. The minimum absolute atomic E-state index is 0.0168. The zero-order valence-corrected chi connectivity index (χ0v) is 19.7. The minimum Gasteiger partial charge on any atom is -0.350 e. The Bertz CT molecular complexity index is 1220. The lowest BCUT2D eigenvalue weighted by Crippen LogP contribution is -2.34. The van der Waals surface area contributed by atoms with Crippen molar-refractivity contribution in [1.82, 2.24) is 14.4 Å². The second kappa shape index (κ2) is 10.4. The van der Waals surface area contributed by atoms with Gasteiger partial charge in [-0.25, -0.2) is 4.57 Å². The summed E-state index contributed by atoms with van der Waals surface area (Å²) in [4.78, 5) is 32.8. The molecule has 7 nitrogen and oxygen atoms in total. The Labute approximate surface area is 189 Å². The number of aromatic nitrogens is 2. The standard InChI is InChI=1S/C22H26N5O2S2/c1-5-26(16-28)22(23-18-12-8-10-14-25(18)4)30-15-19-27(6-2)21(29)20(31-19)17-11-7-9-13-24(17)3/h7-16H,5-6H2,1-4H3/q+1/b19-15-,20-17-. The highest BCUT2D eigenvalue weighted by Crippen LogP contribution is 2.15. The number of carbonyl (C=O) groups is 1. The largest absolute Gasteiger partial charge is 0.350 e. The van der Waals surface area contributed by atoms with Gasteiger partial charge in [0.1, 0.15) is 9.20 Å². The van der Waals surface area contributed by atoms with Crippen molar-refractivity contribution in [3.05, 3.63) is 68.4 Å². The molecule has 0 fully saturated rings. The molecule has 0 saturated carbocycles. The van der Waals surface area contributed by atoms with E-state index in [1.165, 1.54) is 23.1 Å². The van der Waals surface area contributed by atoms with Gasteiger partial charge < -0.3 is 4.90 Å². The number of amides is 1. The van der Waals surface area contributed by atoms with Crippen LogP contribution in [0.3, 0.4) is 0 Å². The van der Waals surface area contributed by atoms with Gasteiger partial charge in [0, 0.05) is 37.8 Å². The number of hydrogen-bond acceptors (Lipinski definition) is 6. The zero-order valence-electron chi connectivity index (χ0n) is 18.1. The van der Waals surface area contributed by atoms with E-state index < -0.39 is 0 Å². The first-order valence-electron chi connectivity index (χ1n) is 9.93. The molecule has 0 radical (unpaired) electrons. The van der Waals surface area contributed by atoms with Crippen molar-refractivity contribution in [3.8, 4) is 0 Å². The monoisotopic (exact) mass is 456 g/mol. The fraction of sp³-hybridized carbons (Fsp3) is 0.273. The Hall–Kier alpha value is -2.91. The van der Waals surface area contributed by atoms with Crippen LogP contribution in [0.25, 0.3) is 11.1 Å². The Morgan fingerprint density at radius 3 is 2.77 bits per heavy atom. The van der Waals surface area contributed by atoms with Crippen LogP contribution in [-0.4, -0.2) is 39.5 Å². The lowest BCUT2D eigenvalue weighted by molar-refractivity contribution is -0.658. The average molecular weight is 457 g/mol. The van der Waals surface area contributed by atoms with Crippen LogP contribution in [0, 0.1) is 0 Å². The first-order chi connectivity index (χ1) is 15.0. The van der Waals surface area contributed by atoms with Crippen LogP contribution in [0.2, 0.25) is 0 Å². The summed E-state index contributed by atoms with van der Waals surface area (Å²) < 4.78 is 5.15. The number of aliphatic imine (C=N–C) groups is 1. The first-order valence-corrected chi connectivity index (χ1v) is 11.6. The summed E-state index contributed by atoms with van der Waals surface area (Å²) in [7, 11) is 3.83. The van der Waals surface area contributed by atoms with Crippen LogP contribution in [0.1, 0.15) is 13.8 Å². The Morgan fingerprint density at radius 2 is 2.13 bits per heavy atom. The van der Waals surface area contributed by atoms with Gasteiger partial charge >= 0.3 is 5.82 Å². The highest BCUT2D eigenvalue weighted by atomic mass is 32.2. The van der Waals surface area contributed by atoms with Gasteiger partial charge in [0.25, 0.3) is 10.7 Å². The number of thioether (sulfide) groups is 1. The lowest BCUT2D eigenvalue weighted by atomic mass is 10.3. The van der Waals surface area contributed by atoms with E-state index in [9.17, 15) is 9.59 Å². The maximum atomic E-state index is 13.0. The summed E-state index contributed by atoms with van der Waals surface area (Å²) >= 11 is 2.78. The molecule has 0 N–H and O–H groups in total. The van der Waals surface area contributed by atoms with E-state index in [0.29, 0.717) is 22.8 Å². The van der Waals surface area contributed by atoms with Crippen molar-refractivity contribution in [2.75, 3.05) is 13.6 Å². The highest BCUT2D eigenvalue weighted by molar-refractivity contribution is 8.20. The van der Waals surface area contributed by atoms with E-state index in [4.69, 9.17) is 4.99 Å². The normalized spacial score (nSPS) is 16.2. The van der Waals surface area contributed by atoms with Gasteiger partial charge in [-0.3, -0.25) is 19.1 Å². The van der Waals surface area contributed by atoms with Crippen molar-refractivity contribution in [1.29, 1.82) is 0 Å². The molecule has 0 unspecified atom stereocenters. The van der Waals surface area contributed by atoms with Crippen molar-refractivity contribution < 1.29 is 9.36 Å². The maximum absolute atomic E-state index is 13.0. The number of hydrogen-bond donors (Lipinski definition) is 0. The fourth-order valence-electron chi connectivity index (χ4n) is 2.98. The summed E-state index contributed by atoms with van der Waals surface area (Å²) in [5, 5.41) is 2.45. The molecule has 9 heteroatoms. The molecule has 0 spiro atoms. The lowest BCUT2D eigenvalue weighted by Gasteiger charge is -2.16. The molecular weight excluding hydrogens is 430 g/mol. The number of likely N-dealkylation sites (N-methyl/N-ethyl adjacent to an activating group) is 1.